The largest absolute Gasteiger partial charge is 0.330 e. The minimum Gasteiger partial charge on any atom is -0.295 e. The first-order valence-corrected chi connectivity index (χ1v) is 5.75. The second kappa shape index (κ2) is 4.04. The van der Waals surface area contributed by atoms with Gasteiger partial charge in [0, 0.05) is 13.5 Å². The van der Waals surface area contributed by atoms with Crippen molar-refractivity contribution in [2.75, 3.05) is 7.05 Å². The fraction of sp³-hybridized carbons (Fsp3) is 0.500. The third kappa shape index (κ3) is 1.64. The summed E-state index contributed by atoms with van der Waals surface area (Å²) in [6.07, 6.45) is 2.94. The van der Waals surface area contributed by atoms with Gasteiger partial charge in [0.2, 0.25) is 11.8 Å². The molecule has 6 heteroatoms. The molecule has 1 heterocycles. The van der Waals surface area contributed by atoms with Crippen LogP contribution in [0, 0.1) is 5.41 Å². The van der Waals surface area contributed by atoms with E-state index in [1.807, 2.05) is 0 Å². The molecule has 1 aliphatic carbocycles. The van der Waals surface area contributed by atoms with Crippen molar-refractivity contribution in [2.45, 2.75) is 26.2 Å². The second-order valence-electron chi connectivity index (χ2n) is 4.74. The summed E-state index contributed by atoms with van der Waals surface area (Å²) < 4.78 is 0. The van der Waals surface area contributed by atoms with Gasteiger partial charge in [-0.2, -0.15) is 0 Å². The lowest BCUT2D eigenvalue weighted by Gasteiger charge is -2.37. The highest BCUT2D eigenvalue weighted by atomic mass is 16.2. The average molecular weight is 250 g/mol. The summed E-state index contributed by atoms with van der Waals surface area (Å²) in [5.74, 6) is -1.33. The Kier molecular flexibility index (Phi) is 2.80. The summed E-state index contributed by atoms with van der Waals surface area (Å²) in [6, 6.07) is -0.731. The first-order chi connectivity index (χ1) is 8.37. The molecule has 4 amide bonds. The third-order valence-corrected chi connectivity index (χ3v) is 3.56. The number of rotatable bonds is 1. The topological polar surface area (TPSA) is 83.6 Å². The summed E-state index contributed by atoms with van der Waals surface area (Å²) >= 11 is 0. The van der Waals surface area contributed by atoms with Crippen LogP contribution in [-0.2, 0) is 14.4 Å². The maximum Gasteiger partial charge on any atom is 0.330 e. The van der Waals surface area contributed by atoms with Crippen LogP contribution in [-0.4, -0.2) is 35.6 Å². The van der Waals surface area contributed by atoms with E-state index in [9.17, 15) is 19.2 Å². The predicted molar refractivity (Wildman–Crippen MR) is 61.4 cm³/mol. The molecule has 96 valence electrons. The van der Waals surface area contributed by atoms with Crippen molar-refractivity contribution in [3.05, 3.63) is 11.6 Å². The zero-order chi connectivity index (χ0) is 13.5. The number of carbonyl (C=O) groups excluding carboxylic acids is 4. The van der Waals surface area contributed by atoms with Crippen molar-refractivity contribution >= 4 is 23.6 Å². The molecule has 0 saturated carbocycles. The molecule has 0 aromatic rings. The Bertz CT molecular complexity index is 494. The quantitative estimate of drug-likeness (QED) is 0.682. The van der Waals surface area contributed by atoms with Crippen molar-refractivity contribution in [1.29, 1.82) is 0 Å². The van der Waals surface area contributed by atoms with Crippen LogP contribution in [0.4, 0.5) is 4.79 Å². The van der Waals surface area contributed by atoms with Crippen LogP contribution in [0.15, 0.2) is 11.6 Å². The number of urea groups is 1. The van der Waals surface area contributed by atoms with Crippen LogP contribution in [0.2, 0.25) is 0 Å². The second-order valence-corrected chi connectivity index (χ2v) is 4.74. The van der Waals surface area contributed by atoms with Crippen molar-refractivity contribution in [1.82, 2.24) is 10.2 Å². The number of nitrogens with zero attached hydrogens (tertiary/aromatic N) is 1. The molecular formula is C12H14N2O4. The third-order valence-electron chi connectivity index (χ3n) is 3.56. The molecule has 2 rings (SSSR count). The molecule has 1 N–H and O–H groups in total. The van der Waals surface area contributed by atoms with Crippen LogP contribution in [0.5, 0.6) is 0 Å². The molecule has 1 aliphatic heterocycles. The molecule has 0 bridgehead atoms. The van der Waals surface area contributed by atoms with E-state index in [0.29, 0.717) is 24.8 Å². The van der Waals surface area contributed by atoms with Gasteiger partial charge in [-0.1, -0.05) is 0 Å². The SMILES string of the molecule is CN1C(=O)NC(=O)C(C)(C2=CC(=O)CCC2)C1=O. The summed E-state index contributed by atoms with van der Waals surface area (Å²) in [6.45, 7) is 1.46. The summed E-state index contributed by atoms with van der Waals surface area (Å²) in [4.78, 5) is 47.8. The molecule has 1 fully saturated rings. The number of imide groups is 2. The summed E-state index contributed by atoms with van der Waals surface area (Å²) in [5, 5.41) is 2.14. The molecule has 0 radical (unpaired) electrons. The molecule has 0 aromatic heterocycles. The number of ketones is 1. The number of hydrogen-bond donors (Lipinski definition) is 1. The zero-order valence-electron chi connectivity index (χ0n) is 10.3. The fourth-order valence-corrected chi connectivity index (χ4v) is 2.30. The van der Waals surface area contributed by atoms with Gasteiger partial charge in [-0.15, -0.1) is 0 Å². The van der Waals surface area contributed by atoms with Gasteiger partial charge in [0.05, 0.1) is 0 Å². The minimum absolute atomic E-state index is 0.0855. The molecule has 0 aromatic carbocycles. The maximum absolute atomic E-state index is 12.2. The van der Waals surface area contributed by atoms with E-state index in [4.69, 9.17) is 0 Å². The monoisotopic (exact) mass is 250 g/mol. The van der Waals surface area contributed by atoms with E-state index in [2.05, 4.69) is 5.32 Å². The van der Waals surface area contributed by atoms with E-state index in [1.165, 1.54) is 20.0 Å². The van der Waals surface area contributed by atoms with Crippen molar-refractivity contribution < 1.29 is 19.2 Å². The molecule has 1 saturated heterocycles. The highest BCUT2D eigenvalue weighted by molar-refractivity contribution is 6.21. The van der Waals surface area contributed by atoms with Gasteiger partial charge in [0.25, 0.3) is 0 Å². The summed E-state index contributed by atoms with van der Waals surface area (Å²) in [7, 11) is 1.31. The minimum atomic E-state index is -1.45. The van der Waals surface area contributed by atoms with E-state index in [-0.39, 0.29) is 5.78 Å². The molecule has 0 spiro atoms. The van der Waals surface area contributed by atoms with Crippen molar-refractivity contribution in [2.24, 2.45) is 5.41 Å². The Morgan fingerprint density at radius 1 is 1.22 bits per heavy atom. The van der Waals surface area contributed by atoms with Crippen molar-refractivity contribution in [3.63, 3.8) is 0 Å². The number of carbonyl (C=O) groups is 4. The van der Waals surface area contributed by atoms with Gasteiger partial charge in [0.1, 0.15) is 5.41 Å². The smallest absolute Gasteiger partial charge is 0.295 e. The Balaban J connectivity index is 2.45. The van der Waals surface area contributed by atoms with Gasteiger partial charge in [-0.05, 0) is 31.4 Å². The van der Waals surface area contributed by atoms with Crippen LogP contribution >= 0.6 is 0 Å². The molecule has 1 unspecified atom stereocenters. The molecule has 2 aliphatic rings. The highest BCUT2D eigenvalue weighted by Gasteiger charge is 2.51. The number of allylic oxidation sites excluding steroid dienone is 1. The Morgan fingerprint density at radius 3 is 2.50 bits per heavy atom. The Hall–Kier alpha value is -1.98. The number of barbiturate groups is 1. The average Bonchev–Trinajstić information content (AvgIpc) is 2.34. The van der Waals surface area contributed by atoms with Gasteiger partial charge < -0.3 is 0 Å². The summed E-state index contributed by atoms with van der Waals surface area (Å²) in [5.41, 5.74) is -0.959. The normalized spacial score (nSPS) is 29.2. The van der Waals surface area contributed by atoms with Crippen LogP contribution in [0.1, 0.15) is 26.2 Å². The molecule has 6 nitrogen and oxygen atoms in total. The molecule has 18 heavy (non-hydrogen) atoms. The van der Waals surface area contributed by atoms with Crippen LogP contribution in [0.25, 0.3) is 0 Å². The van der Waals surface area contributed by atoms with Gasteiger partial charge in [0.15, 0.2) is 5.78 Å². The fourth-order valence-electron chi connectivity index (χ4n) is 2.30. The highest BCUT2D eigenvalue weighted by Crippen LogP contribution is 2.37. The van der Waals surface area contributed by atoms with Gasteiger partial charge >= 0.3 is 6.03 Å². The lowest BCUT2D eigenvalue weighted by atomic mass is 9.74. The number of hydrogen-bond acceptors (Lipinski definition) is 4. The first kappa shape index (κ1) is 12.5. The predicted octanol–water partition coefficient (Wildman–Crippen LogP) is 0.380. The first-order valence-electron chi connectivity index (χ1n) is 5.75. The molecular weight excluding hydrogens is 236 g/mol. The van der Waals surface area contributed by atoms with E-state index in [0.717, 1.165) is 4.90 Å². The van der Waals surface area contributed by atoms with E-state index < -0.39 is 23.3 Å². The van der Waals surface area contributed by atoms with Crippen LogP contribution < -0.4 is 5.32 Å². The number of nitrogens with one attached hydrogen (secondary N) is 1. The van der Waals surface area contributed by atoms with Crippen LogP contribution in [0.3, 0.4) is 0 Å². The standard InChI is InChI=1S/C12H14N2O4/c1-12(7-4-3-5-8(15)6-7)9(16)13-11(18)14(2)10(12)17/h6H,3-5H2,1-2H3,(H,13,16,18). The molecule has 1 atom stereocenters. The van der Waals surface area contributed by atoms with E-state index in [1.54, 1.807) is 0 Å². The Morgan fingerprint density at radius 2 is 1.89 bits per heavy atom. The van der Waals surface area contributed by atoms with Gasteiger partial charge in [-0.25, -0.2) is 4.79 Å². The Labute approximate surface area is 104 Å². The maximum atomic E-state index is 12.2. The lowest BCUT2D eigenvalue weighted by molar-refractivity contribution is -0.146. The van der Waals surface area contributed by atoms with Gasteiger partial charge in [-0.3, -0.25) is 24.6 Å². The zero-order valence-corrected chi connectivity index (χ0v) is 10.3. The number of amides is 4. The van der Waals surface area contributed by atoms with E-state index >= 15 is 0 Å². The van der Waals surface area contributed by atoms with Crippen molar-refractivity contribution in [3.8, 4) is 0 Å². The lowest BCUT2D eigenvalue weighted by Crippen LogP contribution is -2.62.